The highest BCUT2D eigenvalue weighted by Gasteiger charge is 2.27. The van der Waals surface area contributed by atoms with Crippen LogP contribution in [0.1, 0.15) is 16.1 Å². The van der Waals surface area contributed by atoms with E-state index in [-0.39, 0.29) is 18.2 Å². The SMILES string of the molecule is COc1ccc(CC(=O)N2CCN(C(=O)c3cc4ccccc4o3)CC2)c(OC)c1. The second kappa shape index (κ2) is 8.49. The van der Waals surface area contributed by atoms with Crippen molar-refractivity contribution in [2.75, 3.05) is 40.4 Å². The number of fused-ring (bicyclic) bond motifs is 1. The number of nitrogens with zero attached hydrogens (tertiary/aromatic N) is 2. The number of piperazine rings is 1. The maximum absolute atomic E-state index is 12.8. The molecule has 0 spiro atoms. The van der Waals surface area contributed by atoms with Crippen LogP contribution in [0.5, 0.6) is 11.5 Å². The number of para-hydroxylation sites is 1. The number of amides is 2. The molecule has 2 aromatic carbocycles. The number of rotatable bonds is 5. The monoisotopic (exact) mass is 408 g/mol. The van der Waals surface area contributed by atoms with Crippen LogP contribution in [0.3, 0.4) is 0 Å². The first-order valence-corrected chi connectivity index (χ1v) is 9.85. The first-order valence-electron chi connectivity index (χ1n) is 9.85. The summed E-state index contributed by atoms with van der Waals surface area (Å²) in [6.45, 7) is 1.93. The van der Waals surface area contributed by atoms with Crippen molar-refractivity contribution in [1.29, 1.82) is 0 Å². The van der Waals surface area contributed by atoms with E-state index in [4.69, 9.17) is 13.9 Å². The summed E-state index contributed by atoms with van der Waals surface area (Å²) < 4.78 is 16.3. The summed E-state index contributed by atoms with van der Waals surface area (Å²) in [5.41, 5.74) is 1.51. The molecular formula is C23H24N2O5. The van der Waals surface area contributed by atoms with Crippen molar-refractivity contribution in [3.8, 4) is 11.5 Å². The molecule has 1 aromatic heterocycles. The lowest BCUT2D eigenvalue weighted by atomic mass is 10.1. The number of ether oxygens (including phenoxy) is 2. The Balaban J connectivity index is 1.37. The van der Waals surface area contributed by atoms with E-state index in [1.165, 1.54) is 0 Å². The van der Waals surface area contributed by atoms with Gasteiger partial charge in [0.1, 0.15) is 17.1 Å². The molecule has 0 N–H and O–H groups in total. The zero-order valence-electron chi connectivity index (χ0n) is 17.1. The summed E-state index contributed by atoms with van der Waals surface area (Å²) in [4.78, 5) is 29.1. The Morgan fingerprint density at radius 2 is 1.67 bits per heavy atom. The molecule has 3 aromatic rings. The molecule has 0 unspecified atom stereocenters. The van der Waals surface area contributed by atoms with Crippen molar-refractivity contribution >= 4 is 22.8 Å². The van der Waals surface area contributed by atoms with Crippen molar-refractivity contribution in [3.05, 3.63) is 59.9 Å². The van der Waals surface area contributed by atoms with Crippen LogP contribution in [0.15, 0.2) is 52.9 Å². The minimum absolute atomic E-state index is 0.00861. The van der Waals surface area contributed by atoms with Crippen molar-refractivity contribution in [3.63, 3.8) is 0 Å². The molecule has 1 aliphatic rings. The third kappa shape index (κ3) is 3.96. The molecule has 0 saturated carbocycles. The average Bonchev–Trinajstić information content (AvgIpc) is 3.23. The van der Waals surface area contributed by atoms with Crippen LogP contribution in [0.2, 0.25) is 0 Å². The number of carbonyl (C=O) groups excluding carboxylic acids is 2. The van der Waals surface area contributed by atoms with Gasteiger partial charge in [-0.05, 0) is 18.2 Å². The third-order valence-electron chi connectivity index (χ3n) is 5.39. The van der Waals surface area contributed by atoms with Gasteiger partial charge in [0.25, 0.3) is 5.91 Å². The first kappa shape index (κ1) is 19.8. The minimum Gasteiger partial charge on any atom is -0.497 e. The van der Waals surface area contributed by atoms with E-state index in [9.17, 15) is 9.59 Å². The fourth-order valence-electron chi connectivity index (χ4n) is 3.67. The van der Waals surface area contributed by atoms with Crippen molar-refractivity contribution in [2.24, 2.45) is 0 Å². The Morgan fingerprint density at radius 3 is 2.37 bits per heavy atom. The first-order chi connectivity index (χ1) is 14.6. The molecule has 0 aliphatic carbocycles. The van der Waals surface area contributed by atoms with E-state index >= 15 is 0 Å². The fourth-order valence-corrected chi connectivity index (χ4v) is 3.67. The van der Waals surface area contributed by atoms with E-state index in [0.29, 0.717) is 49.0 Å². The second-order valence-corrected chi connectivity index (χ2v) is 7.18. The van der Waals surface area contributed by atoms with Crippen LogP contribution < -0.4 is 9.47 Å². The van der Waals surface area contributed by atoms with Crippen molar-refractivity contribution in [1.82, 2.24) is 9.80 Å². The van der Waals surface area contributed by atoms with Gasteiger partial charge >= 0.3 is 0 Å². The molecule has 0 bridgehead atoms. The summed E-state index contributed by atoms with van der Waals surface area (Å²) in [6.07, 6.45) is 0.241. The molecule has 0 atom stereocenters. The predicted octanol–water partition coefficient (Wildman–Crippen LogP) is 2.98. The largest absolute Gasteiger partial charge is 0.497 e. The summed E-state index contributed by atoms with van der Waals surface area (Å²) in [6, 6.07) is 14.7. The summed E-state index contributed by atoms with van der Waals surface area (Å²) in [7, 11) is 3.16. The zero-order valence-corrected chi connectivity index (χ0v) is 17.1. The summed E-state index contributed by atoms with van der Waals surface area (Å²) in [5.74, 6) is 1.51. The van der Waals surface area contributed by atoms with Crippen LogP contribution in [0.25, 0.3) is 11.0 Å². The van der Waals surface area contributed by atoms with Crippen LogP contribution in [0.4, 0.5) is 0 Å². The Hall–Kier alpha value is -3.48. The number of benzene rings is 2. The molecule has 7 nitrogen and oxygen atoms in total. The Labute approximate surface area is 174 Å². The van der Waals surface area contributed by atoms with E-state index in [1.54, 1.807) is 36.2 Å². The number of methoxy groups -OCH3 is 2. The van der Waals surface area contributed by atoms with Crippen molar-refractivity contribution < 1.29 is 23.5 Å². The molecule has 2 heterocycles. The number of hydrogen-bond donors (Lipinski definition) is 0. The molecule has 30 heavy (non-hydrogen) atoms. The number of carbonyl (C=O) groups is 2. The molecular weight excluding hydrogens is 384 g/mol. The molecule has 1 fully saturated rings. The molecule has 7 heteroatoms. The van der Waals surface area contributed by atoms with Crippen LogP contribution >= 0.6 is 0 Å². The van der Waals surface area contributed by atoms with Gasteiger partial charge in [-0.15, -0.1) is 0 Å². The number of hydrogen-bond acceptors (Lipinski definition) is 5. The highest BCUT2D eigenvalue weighted by atomic mass is 16.5. The fraction of sp³-hybridized carbons (Fsp3) is 0.304. The van der Waals surface area contributed by atoms with Gasteiger partial charge < -0.3 is 23.7 Å². The molecule has 156 valence electrons. The van der Waals surface area contributed by atoms with E-state index in [2.05, 4.69) is 0 Å². The second-order valence-electron chi connectivity index (χ2n) is 7.18. The predicted molar refractivity (Wildman–Crippen MR) is 112 cm³/mol. The summed E-state index contributed by atoms with van der Waals surface area (Å²) >= 11 is 0. The van der Waals surface area contributed by atoms with Gasteiger partial charge in [0.05, 0.1) is 20.6 Å². The van der Waals surface area contributed by atoms with Crippen LogP contribution in [-0.2, 0) is 11.2 Å². The number of furan rings is 1. The van der Waals surface area contributed by atoms with E-state index in [1.807, 2.05) is 36.4 Å². The van der Waals surface area contributed by atoms with Gasteiger partial charge in [-0.1, -0.05) is 24.3 Å². The van der Waals surface area contributed by atoms with Gasteiger partial charge in [-0.3, -0.25) is 9.59 Å². The molecule has 1 aliphatic heterocycles. The average molecular weight is 408 g/mol. The van der Waals surface area contributed by atoms with Crippen molar-refractivity contribution in [2.45, 2.75) is 6.42 Å². The smallest absolute Gasteiger partial charge is 0.289 e. The lowest BCUT2D eigenvalue weighted by molar-refractivity contribution is -0.131. The maximum Gasteiger partial charge on any atom is 0.289 e. The summed E-state index contributed by atoms with van der Waals surface area (Å²) in [5, 5.41) is 0.906. The quantitative estimate of drug-likeness (QED) is 0.649. The van der Waals surface area contributed by atoms with E-state index in [0.717, 1.165) is 10.9 Å². The standard InChI is InChI=1S/C23H24N2O5/c1-28-18-8-7-17(20(15-18)29-2)14-22(26)24-9-11-25(12-10-24)23(27)21-13-16-5-3-4-6-19(16)30-21/h3-8,13,15H,9-12,14H2,1-2H3. The van der Waals surface area contributed by atoms with Gasteiger partial charge in [0.2, 0.25) is 5.91 Å². The molecule has 1 saturated heterocycles. The highest BCUT2D eigenvalue weighted by molar-refractivity contribution is 5.96. The third-order valence-corrected chi connectivity index (χ3v) is 5.39. The Kier molecular flexibility index (Phi) is 5.61. The minimum atomic E-state index is -0.143. The highest BCUT2D eigenvalue weighted by Crippen LogP contribution is 2.26. The maximum atomic E-state index is 12.8. The van der Waals surface area contributed by atoms with Gasteiger partial charge in [-0.25, -0.2) is 0 Å². The van der Waals surface area contributed by atoms with Crippen LogP contribution in [-0.4, -0.2) is 62.0 Å². The normalized spacial score (nSPS) is 14.1. The van der Waals surface area contributed by atoms with Gasteiger partial charge in [-0.2, -0.15) is 0 Å². The lowest BCUT2D eigenvalue weighted by Crippen LogP contribution is -2.50. The van der Waals surface area contributed by atoms with E-state index < -0.39 is 0 Å². The topological polar surface area (TPSA) is 72.2 Å². The molecule has 4 rings (SSSR count). The van der Waals surface area contributed by atoms with Gasteiger partial charge in [0, 0.05) is 43.2 Å². The Bertz CT molecular complexity index is 1030. The lowest BCUT2D eigenvalue weighted by Gasteiger charge is -2.34. The van der Waals surface area contributed by atoms with Gasteiger partial charge in [0.15, 0.2) is 5.76 Å². The Morgan fingerprint density at radius 1 is 0.933 bits per heavy atom. The van der Waals surface area contributed by atoms with Crippen LogP contribution in [0, 0.1) is 0 Å². The zero-order chi connectivity index (χ0) is 21.1. The molecule has 2 amide bonds. The molecule has 0 radical (unpaired) electrons.